The maximum absolute atomic E-state index is 13.9. The van der Waals surface area contributed by atoms with E-state index in [0.717, 1.165) is 16.7 Å². The van der Waals surface area contributed by atoms with Crippen LogP contribution in [0.3, 0.4) is 0 Å². The van der Waals surface area contributed by atoms with Crippen molar-refractivity contribution in [2.75, 3.05) is 20.3 Å². The lowest BCUT2D eigenvalue weighted by Gasteiger charge is -2.39. The van der Waals surface area contributed by atoms with Crippen LogP contribution in [-0.2, 0) is 19.1 Å². The summed E-state index contributed by atoms with van der Waals surface area (Å²) in [6.45, 7) is 0.670. The number of benzene rings is 3. The van der Waals surface area contributed by atoms with Gasteiger partial charge in [-0.15, -0.1) is 0 Å². The Labute approximate surface area is 206 Å². The van der Waals surface area contributed by atoms with E-state index in [1.54, 1.807) is 4.90 Å². The second-order valence-corrected chi connectivity index (χ2v) is 8.45. The number of ether oxygens (including phenoxy) is 2. The molecule has 0 bridgehead atoms. The van der Waals surface area contributed by atoms with Crippen molar-refractivity contribution < 1.29 is 19.1 Å². The molecule has 5 nitrogen and oxygen atoms in total. The molecule has 0 unspecified atom stereocenters. The first-order valence-corrected chi connectivity index (χ1v) is 11.8. The van der Waals surface area contributed by atoms with Crippen LogP contribution in [0.25, 0.3) is 0 Å². The lowest BCUT2D eigenvalue weighted by molar-refractivity contribution is -0.158. The molecule has 1 aliphatic heterocycles. The summed E-state index contributed by atoms with van der Waals surface area (Å²) in [6.07, 6.45) is 0.824. The topological polar surface area (TPSA) is 55.8 Å². The molecule has 0 saturated carbocycles. The average Bonchev–Trinajstić information content (AvgIpc) is 2.92. The summed E-state index contributed by atoms with van der Waals surface area (Å²) in [5.74, 6) is 5.07. The molecule has 0 radical (unpaired) electrons. The summed E-state index contributed by atoms with van der Waals surface area (Å²) in [7, 11) is 1.35. The van der Waals surface area contributed by atoms with Gasteiger partial charge in [-0.3, -0.25) is 4.79 Å². The predicted molar refractivity (Wildman–Crippen MR) is 135 cm³/mol. The highest BCUT2D eigenvalue weighted by molar-refractivity contribution is 5.91. The maximum atomic E-state index is 13.9. The summed E-state index contributed by atoms with van der Waals surface area (Å²) < 4.78 is 11.0. The number of esters is 1. The van der Waals surface area contributed by atoms with Crippen LogP contribution >= 0.6 is 0 Å². The van der Waals surface area contributed by atoms with Gasteiger partial charge in [-0.1, -0.05) is 90.7 Å². The van der Waals surface area contributed by atoms with E-state index in [1.807, 2.05) is 91.0 Å². The van der Waals surface area contributed by atoms with Gasteiger partial charge in [0.1, 0.15) is 12.6 Å². The first-order chi connectivity index (χ1) is 17.2. The molecule has 1 fully saturated rings. The quantitative estimate of drug-likeness (QED) is 0.398. The zero-order valence-electron chi connectivity index (χ0n) is 19.8. The van der Waals surface area contributed by atoms with Crippen molar-refractivity contribution in [1.29, 1.82) is 0 Å². The standard InChI is InChI=1S/C30H29NO4/c1-34-30(33)27-22-26(35-21-11-14-23-12-5-2-6-13-23)19-20-31(27)29(32)28(24-15-7-3-8-16-24)25-17-9-4-10-18-25/h2-10,12-13,15-18,26-28H,19-22H2,1H3/t26-,27+/m1/s1. The van der Waals surface area contributed by atoms with Gasteiger partial charge in [0.25, 0.3) is 0 Å². The molecule has 2 atom stereocenters. The third kappa shape index (κ3) is 6.17. The fourth-order valence-corrected chi connectivity index (χ4v) is 4.46. The maximum Gasteiger partial charge on any atom is 0.328 e. The Morgan fingerprint density at radius 2 is 1.49 bits per heavy atom. The molecule has 1 heterocycles. The molecule has 0 N–H and O–H groups in total. The SMILES string of the molecule is COC(=O)[C@@H]1C[C@H](OCC#Cc2ccccc2)CCN1C(=O)C(c1ccccc1)c1ccccc1. The second kappa shape index (κ2) is 12.0. The first-order valence-electron chi connectivity index (χ1n) is 11.8. The van der Waals surface area contributed by atoms with Crippen molar-refractivity contribution in [1.82, 2.24) is 4.90 Å². The van der Waals surface area contributed by atoms with Gasteiger partial charge in [-0.05, 0) is 29.7 Å². The Kier molecular flexibility index (Phi) is 8.32. The fraction of sp³-hybridized carbons (Fsp3) is 0.267. The summed E-state index contributed by atoms with van der Waals surface area (Å²) in [5, 5.41) is 0. The minimum atomic E-state index is -0.705. The molecule has 0 aliphatic carbocycles. The number of hydrogen-bond acceptors (Lipinski definition) is 4. The molecule has 1 aliphatic rings. The van der Waals surface area contributed by atoms with E-state index in [4.69, 9.17) is 9.47 Å². The molecule has 3 aromatic rings. The summed E-state index contributed by atoms with van der Waals surface area (Å²) in [5.41, 5.74) is 2.71. The highest BCUT2D eigenvalue weighted by Gasteiger charge is 2.40. The van der Waals surface area contributed by atoms with Crippen molar-refractivity contribution in [3.05, 3.63) is 108 Å². The zero-order chi connectivity index (χ0) is 24.5. The van der Waals surface area contributed by atoms with E-state index >= 15 is 0 Å². The smallest absolute Gasteiger partial charge is 0.328 e. The zero-order valence-corrected chi connectivity index (χ0v) is 19.8. The van der Waals surface area contributed by atoms with Gasteiger partial charge in [0.2, 0.25) is 5.91 Å². The van der Waals surface area contributed by atoms with E-state index < -0.39 is 17.9 Å². The Hall–Kier alpha value is -3.88. The number of piperidine rings is 1. The van der Waals surface area contributed by atoms with E-state index in [2.05, 4.69) is 11.8 Å². The van der Waals surface area contributed by atoms with Crippen LogP contribution in [0.5, 0.6) is 0 Å². The minimum Gasteiger partial charge on any atom is -0.467 e. The summed E-state index contributed by atoms with van der Waals surface area (Å²) in [6, 6.07) is 28.4. The van der Waals surface area contributed by atoms with Gasteiger partial charge >= 0.3 is 5.97 Å². The van der Waals surface area contributed by atoms with Crippen molar-refractivity contribution in [3.8, 4) is 11.8 Å². The lowest BCUT2D eigenvalue weighted by atomic mass is 9.88. The molecule has 0 aromatic heterocycles. The molecule has 35 heavy (non-hydrogen) atoms. The van der Waals surface area contributed by atoms with Gasteiger partial charge in [-0.2, -0.15) is 0 Å². The molecular weight excluding hydrogens is 438 g/mol. The van der Waals surface area contributed by atoms with Crippen LogP contribution in [-0.4, -0.2) is 49.2 Å². The normalized spacial score (nSPS) is 17.4. The third-order valence-electron chi connectivity index (χ3n) is 6.22. The number of likely N-dealkylation sites (tertiary alicyclic amines) is 1. The number of nitrogens with zero attached hydrogens (tertiary/aromatic N) is 1. The van der Waals surface area contributed by atoms with Gasteiger partial charge in [-0.25, -0.2) is 4.79 Å². The third-order valence-corrected chi connectivity index (χ3v) is 6.22. The highest BCUT2D eigenvalue weighted by atomic mass is 16.5. The van der Waals surface area contributed by atoms with Gasteiger partial charge in [0.15, 0.2) is 0 Å². The molecular formula is C30H29NO4. The monoisotopic (exact) mass is 467 g/mol. The number of hydrogen-bond donors (Lipinski definition) is 0. The van der Waals surface area contributed by atoms with Crippen LogP contribution in [0.4, 0.5) is 0 Å². The molecule has 3 aromatic carbocycles. The van der Waals surface area contributed by atoms with Crippen LogP contribution < -0.4 is 0 Å². The lowest BCUT2D eigenvalue weighted by Crippen LogP contribution is -2.53. The molecule has 178 valence electrons. The fourth-order valence-electron chi connectivity index (χ4n) is 4.46. The number of methoxy groups -OCH3 is 1. The Morgan fingerprint density at radius 3 is 2.06 bits per heavy atom. The molecule has 4 rings (SSSR count). The van der Waals surface area contributed by atoms with Crippen LogP contribution in [0.1, 0.15) is 35.4 Å². The Balaban J connectivity index is 1.50. The van der Waals surface area contributed by atoms with E-state index in [1.165, 1.54) is 7.11 Å². The number of amides is 1. The number of carbonyl (C=O) groups is 2. The van der Waals surface area contributed by atoms with Crippen molar-refractivity contribution >= 4 is 11.9 Å². The van der Waals surface area contributed by atoms with Gasteiger partial charge in [0.05, 0.1) is 19.1 Å². The molecule has 5 heteroatoms. The van der Waals surface area contributed by atoms with Crippen LogP contribution in [0, 0.1) is 11.8 Å². The van der Waals surface area contributed by atoms with Gasteiger partial charge < -0.3 is 14.4 Å². The van der Waals surface area contributed by atoms with E-state index in [9.17, 15) is 9.59 Å². The van der Waals surface area contributed by atoms with E-state index in [0.29, 0.717) is 19.4 Å². The predicted octanol–water partition coefficient (Wildman–Crippen LogP) is 4.42. The molecule has 1 amide bonds. The number of carbonyl (C=O) groups excluding carboxylic acids is 2. The highest BCUT2D eigenvalue weighted by Crippen LogP contribution is 2.31. The first kappa shape index (κ1) is 24.3. The molecule has 0 spiro atoms. The van der Waals surface area contributed by atoms with Crippen molar-refractivity contribution in [3.63, 3.8) is 0 Å². The second-order valence-electron chi connectivity index (χ2n) is 8.45. The summed E-state index contributed by atoms with van der Waals surface area (Å²) in [4.78, 5) is 28.3. The average molecular weight is 468 g/mol. The van der Waals surface area contributed by atoms with E-state index in [-0.39, 0.29) is 18.6 Å². The largest absolute Gasteiger partial charge is 0.467 e. The molecule has 1 saturated heterocycles. The van der Waals surface area contributed by atoms with Gasteiger partial charge in [0, 0.05) is 18.5 Å². The summed E-state index contributed by atoms with van der Waals surface area (Å²) >= 11 is 0. The minimum absolute atomic E-state index is 0.111. The van der Waals surface area contributed by atoms with Crippen molar-refractivity contribution in [2.45, 2.75) is 30.9 Å². The van der Waals surface area contributed by atoms with Crippen LogP contribution in [0.2, 0.25) is 0 Å². The Bertz CT molecular complexity index is 1130. The number of rotatable bonds is 6. The van der Waals surface area contributed by atoms with Crippen molar-refractivity contribution in [2.24, 2.45) is 0 Å². The van der Waals surface area contributed by atoms with Crippen LogP contribution in [0.15, 0.2) is 91.0 Å². The Morgan fingerprint density at radius 1 is 0.914 bits per heavy atom.